The molecule has 24 heavy (non-hydrogen) atoms. The van der Waals surface area contributed by atoms with Crippen molar-refractivity contribution < 1.29 is 45.7 Å². The van der Waals surface area contributed by atoms with Gasteiger partial charge in [-0.3, -0.25) is 0 Å². The number of carbonyl (C=O) groups excluding carboxylic acids is 1. The van der Waals surface area contributed by atoms with Crippen LogP contribution in [0.25, 0.3) is 0 Å². The van der Waals surface area contributed by atoms with E-state index in [2.05, 4.69) is 9.47 Å². The number of alkyl halides is 6. The van der Waals surface area contributed by atoms with Crippen molar-refractivity contribution >= 4 is 5.97 Å². The molecule has 1 N–H and O–H groups in total. The van der Waals surface area contributed by atoms with Crippen LogP contribution in [0.4, 0.5) is 26.3 Å². The van der Waals surface area contributed by atoms with Crippen LogP contribution in [0.5, 0.6) is 0 Å². The number of hydrogen-bond donors (Lipinski definition) is 1. The number of ether oxygens (including phenoxy) is 2. The Labute approximate surface area is 131 Å². The largest absolute Gasteiger partial charge is 0.431 e. The van der Waals surface area contributed by atoms with Gasteiger partial charge in [-0.1, -0.05) is 18.2 Å². The Bertz CT molecular complexity index is 664. The lowest BCUT2D eigenvalue weighted by Crippen LogP contribution is -2.70. The first-order valence-corrected chi connectivity index (χ1v) is 6.71. The van der Waals surface area contributed by atoms with Crippen molar-refractivity contribution in [2.45, 2.75) is 29.7 Å². The van der Waals surface area contributed by atoms with Crippen LogP contribution >= 0.6 is 0 Å². The lowest BCUT2D eigenvalue weighted by molar-refractivity contribution is -0.397. The Morgan fingerprint density at radius 2 is 1.67 bits per heavy atom. The van der Waals surface area contributed by atoms with Crippen molar-refractivity contribution in [3.63, 3.8) is 0 Å². The average molecular weight is 356 g/mol. The fourth-order valence-corrected chi connectivity index (χ4v) is 2.97. The molecule has 4 nitrogen and oxygen atoms in total. The SMILES string of the molecule is O=C(OC1OC2(CO)C1C(F)(F)C(F)(F)C2(F)F)c1ccccc1. The van der Waals surface area contributed by atoms with E-state index in [1.54, 1.807) is 6.07 Å². The average Bonchev–Trinajstić information content (AvgIpc) is 2.56. The molecule has 0 spiro atoms. The molecule has 3 atom stereocenters. The quantitative estimate of drug-likeness (QED) is 0.668. The monoisotopic (exact) mass is 356 g/mol. The maximum absolute atomic E-state index is 13.8. The highest BCUT2D eigenvalue weighted by molar-refractivity contribution is 5.89. The summed E-state index contributed by atoms with van der Waals surface area (Å²) in [7, 11) is 0. The van der Waals surface area contributed by atoms with Gasteiger partial charge in [0.05, 0.1) is 12.2 Å². The van der Waals surface area contributed by atoms with Crippen molar-refractivity contribution in [1.29, 1.82) is 0 Å². The van der Waals surface area contributed by atoms with Gasteiger partial charge >= 0.3 is 23.7 Å². The second kappa shape index (κ2) is 4.85. The van der Waals surface area contributed by atoms with Crippen LogP contribution in [0.1, 0.15) is 10.4 Å². The van der Waals surface area contributed by atoms with Crippen LogP contribution in [0.2, 0.25) is 0 Å². The van der Waals surface area contributed by atoms with Crippen LogP contribution in [-0.4, -0.2) is 47.3 Å². The highest BCUT2D eigenvalue weighted by atomic mass is 19.3. The summed E-state index contributed by atoms with van der Waals surface area (Å²) in [5, 5.41) is 9.00. The van der Waals surface area contributed by atoms with E-state index in [1.807, 2.05) is 0 Å². The molecular formula is C14H10F6O4. The molecule has 1 saturated carbocycles. The molecule has 2 fully saturated rings. The first-order chi connectivity index (χ1) is 11.0. The standard InChI is InChI=1S/C14H10F6O4/c15-12(16)8-10(23-9(22)7-4-2-1-3-5-7)24-11(8,6-21)13(17,18)14(12,19)20/h1-5,8,10,21H,6H2. The normalized spacial score (nSPS) is 35.0. The number of carbonyl (C=O) groups is 1. The van der Waals surface area contributed by atoms with Crippen LogP contribution in [0.3, 0.4) is 0 Å². The molecule has 1 aromatic carbocycles. The molecule has 0 radical (unpaired) electrons. The second-order valence-corrected chi connectivity index (χ2v) is 5.55. The summed E-state index contributed by atoms with van der Waals surface area (Å²) in [5.74, 6) is -20.4. The van der Waals surface area contributed by atoms with Crippen LogP contribution in [0, 0.1) is 5.92 Å². The molecule has 10 heteroatoms. The number of fused-ring (bicyclic) bond motifs is 1. The van der Waals surface area contributed by atoms with E-state index >= 15 is 0 Å². The van der Waals surface area contributed by atoms with Gasteiger partial charge in [-0.25, -0.2) is 4.79 Å². The molecule has 2 aliphatic rings. The molecule has 1 saturated heterocycles. The number of benzene rings is 1. The minimum Gasteiger partial charge on any atom is -0.431 e. The smallest absolute Gasteiger partial charge is 0.375 e. The molecule has 1 aliphatic heterocycles. The van der Waals surface area contributed by atoms with Crippen LogP contribution in [0.15, 0.2) is 30.3 Å². The topological polar surface area (TPSA) is 55.8 Å². The van der Waals surface area contributed by atoms with Crippen molar-refractivity contribution in [3.8, 4) is 0 Å². The van der Waals surface area contributed by atoms with Gasteiger partial charge < -0.3 is 14.6 Å². The Morgan fingerprint density at radius 1 is 1.08 bits per heavy atom. The van der Waals surface area contributed by atoms with Crippen LogP contribution in [-0.2, 0) is 9.47 Å². The Balaban J connectivity index is 1.90. The van der Waals surface area contributed by atoms with Crippen molar-refractivity contribution in [1.82, 2.24) is 0 Å². The Kier molecular flexibility index (Phi) is 3.44. The van der Waals surface area contributed by atoms with Gasteiger partial charge in [0.1, 0.15) is 5.92 Å². The van der Waals surface area contributed by atoms with Crippen molar-refractivity contribution in [2.24, 2.45) is 5.92 Å². The highest BCUT2D eigenvalue weighted by Gasteiger charge is 2.97. The molecule has 1 heterocycles. The molecule has 1 aromatic rings. The van der Waals surface area contributed by atoms with E-state index in [1.165, 1.54) is 24.3 Å². The van der Waals surface area contributed by atoms with Gasteiger partial charge in [-0.15, -0.1) is 0 Å². The number of aliphatic hydroxyl groups excluding tert-OH is 1. The minimum atomic E-state index is -5.76. The first-order valence-electron chi connectivity index (χ1n) is 6.71. The fourth-order valence-electron chi connectivity index (χ4n) is 2.97. The number of halogens is 6. The first kappa shape index (κ1) is 17.0. The summed E-state index contributed by atoms with van der Waals surface area (Å²) in [6.45, 7) is -1.78. The van der Waals surface area contributed by atoms with E-state index in [0.717, 1.165) is 0 Å². The van der Waals surface area contributed by atoms with Crippen molar-refractivity contribution in [3.05, 3.63) is 35.9 Å². The predicted molar refractivity (Wildman–Crippen MR) is 64.9 cm³/mol. The van der Waals surface area contributed by atoms with Crippen molar-refractivity contribution in [2.75, 3.05) is 6.61 Å². The second-order valence-electron chi connectivity index (χ2n) is 5.55. The van der Waals surface area contributed by atoms with Crippen LogP contribution < -0.4 is 0 Å². The van der Waals surface area contributed by atoms with E-state index in [-0.39, 0.29) is 5.56 Å². The number of aliphatic hydroxyl groups is 1. The third-order valence-electron chi connectivity index (χ3n) is 4.30. The van der Waals surface area contributed by atoms with Gasteiger partial charge in [0, 0.05) is 0 Å². The van der Waals surface area contributed by atoms with Gasteiger partial charge in [-0.2, -0.15) is 26.3 Å². The number of esters is 1. The molecule has 3 rings (SSSR count). The maximum Gasteiger partial charge on any atom is 0.375 e. The lowest BCUT2D eigenvalue weighted by Gasteiger charge is -2.50. The summed E-state index contributed by atoms with van der Waals surface area (Å²) in [6.07, 6.45) is -2.33. The maximum atomic E-state index is 13.8. The fraction of sp³-hybridized carbons (Fsp3) is 0.500. The molecular weight excluding hydrogens is 346 g/mol. The van der Waals surface area contributed by atoms with E-state index < -0.39 is 48.2 Å². The summed E-state index contributed by atoms with van der Waals surface area (Å²) >= 11 is 0. The predicted octanol–water partition coefficient (Wildman–Crippen LogP) is 2.47. The Hall–Kier alpha value is -1.81. The number of rotatable bonds is 3. The third kappa shape index (κ3) is 1.75. The third-order valence-corrected chi connectivity index (χ3v) is 4.30. The summed E-state index contributed by atoms with van der Waals surface area (Å²) in [5.41, 5.74) is -3.62. The molecule has 0 amide bonds. The molecule has 0 aromatic heterocycles. The summed E-state index contributed by atoms with van der Waals surface area (Å²) in [6, 6.07) is 6.87. The molecule has 0 bridgehead atoms. The van der Waals surface area contributed by atoms with E-state index in [0.29, 0.717) is 0 Å². The minimum absolute atomic E-state index is 0.109. The zero-order valence-corrected chi connectivity index (χ0v) is 11.7. The van der Waals surface area contributed by atoms with E-state index in [9.17, 15) is 31.1 Å². The van der Waals surface area contributed by atoms with Gasteiger partial charge in [0.2, 0.25) is 6.29 Å². The van der Waals surface area contributed by atoms with Gasteiger partial charge in [0.15, 0.2) is 5.60 Å². The summed E-state index contributed by atoms with van der Waals surface area (Å²) < 4.78 is 91.0. The zero-order chi connectivity index (χ0) is 18.0. The molecule has 3 unspecified atom stereocenters. The molecule has 1 aliphatic carbocycles. The zero-order valence-electron chi connectivity index (χ0n) is 11.7. The Morgan fingerprint density at radius 3 is 2.21 bits per heavy atom. The van der Waals surface area contributed by atoms with Gasteiger partial charge in [-0.05, 0) is 12.1 Å². The molecule has 132 valence electrons. The number of hydrogen-bond acceptors (Lipinski definition) is 4. The summed E-state index contributed by atoms with van der Waals surface area (Å²) in [4.78, 5) is 11.8. The lowest BCUT2D eigenvalue weighted by atomic mass is 9.81. The van der Waals surface area contributed by atoms with Gasteiger partial charge in [0.25, 0.3) is 0 Å². The highest BCUT2D eigenvalue weighted by Crippen LogP contribution is 2.70. The van der Waals surface area contributed by atoms with E-state index in [4.69, 9.17) is 5.11 Å².